The number of benzene rings is 1. The Morgan fingerprint density at radius 2 is 1.26 bits per heavy atom. The SMILES string of the molecule is CC(=O)O.CC(=O)O.CC(=O)O.NCC(N)(CCO)Cc1ccc(N)cc1. The highest BCUT2D eigenvalue weighted by Gasteiger charge is 2.22. The molecule has 0 aliphatic carbocycles. The fraction of sp³-hybridized carbons (Fsp3) is 0.471. The highest BCUT2D eigenvalue weighted by atomic mass is 16.4. The maximum atomic E-state index is 9.00. The molecule has 1 atom stereocenters. The topological polar surface area (TPSA) is 210 Å². The average molecular weight is 389 g/mol. The molecule has 0 spiro atoms. The summed E-state index contributed by atoms with van der Waals surface area (Å²) < 4.78 is 0. The summed E-state index contributed by atoms with van der Waals surface area (Å²) in [6.45, 7) is 3.67. The van der Waals surface area contributed by atoms with Gasteiger partial charge in [-0.2, -0.15) is 0 Å². The van der Waals surface area contributed by atoms with Crippen LogP contribution in [0.1, 0.15) is 32.8 Å². The Kier molecular flexibility index (Phi) is 18.1. The summed E-state index contributed by atoms with van der Waals surface area (Å²) in [5, 5.41) is 31.1. The van der Waals surface area contributed by atoms with Crippen LogP contribution in [0, 0.1) is 0 Å². The zero-order valence-electron chi connectivity index (χ0n) is 15.9. The van der Waals surface area contributed by atoms with E-state index in [-0.39, 0.29) is 6.61 Å². The quantitative estimate of drug-likeness (QED) is 0.338. The largest absolute Gasteiger partial charge is 0.481 e. The number of anilines is 1. The maximum Gasteiger partial charge on any atom is 0.300 e. The van der Waals surface area contributed by atoms with Gasteiger partial charge < -0.3 is 37.6 Å². The number of rotatable bonds is 5. The molecular weight excluding hydrogens is 358 g/mol. The number of aliphatic hydroxyl groups excluding tert-OH is 1. The Balaban J connectivity index is -0.000000394. The average Bonchev–Trinajstić information content (AvgIpc) is 2.48. The van der Waals surface area contributed by atoms with Gasteiger partial charge in [-0.05, 0) is 30.5 Å². The second kappa shape index (κ2) is 16.8. The summed E-state index contributed by atoms with van der Waals surface area (Å²) in [7, 11) is 0. The molecule has 27 heavy (non-hydrogen) atoms. The van der Waals surface area contributed by atoms with Crippen LogP contribution in [0.2, 0.25) is 0 Å². The second-order valence-electron chi connectivity index (χ2n) is 5.52. The van der Waals surface area contributed by atoms with Crippen molar-refractivity contribution in [3.8, 4) is 0 Å². The van der Waals surface area contributed by atoms with Crippen molar-refractivity contribution < 1.29 is 34.8 Å². The molecule has 10 N–H and O–H groups in total. The van der Waals surface area contributed by atoms with E-state index in [1.807, 2.05) is 24.3 Å². The van der Waals surface area contributed by atoms with E-state index in [1.165, 1.54) is 0 Å². The van der Waals surface area contributed by atoms with Gasteiger partial charge in [0.05, 0.1) is 0 Å². The van der Waals surface area contributed by atoms with Crippen LogP contribution in [0.4, 0.5) is 5.69 Å². The van der Waals surface area contributed by atoms with Gasteiger partial charge in [0.15, 0.2) is 0 Å². The molecule has 0 aliphatic rings. The molecule has 0 amide bonds. The van der Waals surface area contributed by atoms with E-state index in [2.05, 4.69) is 0 Å². The van der Waals surface area contributed by atoms with Crippen LogP contribution in [0.25, 0.3) is 0 Å². The smallest absolute Gasteiger partial charge is 0.300 e. The number of aliphatic carboxylic acids is 3. The Morgan fingerprint density at radius 3 is 1.52 bits per heavy atom. The monoisotopic (exact) mass is 389 g/mol. The van der Waals surface area contributed by atoms with Crippen LogP contribution in [0.15, 0.2) is 24.3 Å². The van der Waals surface area contributed by atoms with Gasteiger partial charge in [0.1, 0.15) is 0 Å². The second-order valence-corrected chi connectivity index (χ2v) is 5.52. The minimum absolute atomic E-state index is 0.0582. The third-order valence-corrected chi connectivity index (χ3v) is 2.55. The molecule has 10 nitrogen and oxygen atoms in total. The molecule has 10 heteroatoms. The van der Waals surface area contributed by atoms with Gasteiger partial charge in [-0.1, -0.05) is 12.1 Å². The molecule has 0 aromatic heterocycles. The zero-order valence-corrected chi connectivity index (χ0v) is 15.9. The van der Waals surface area contributed by atoms with Crippen molar-refractivity contribution in [2.24, 2.45) is 11.5 Å². The van der Waals surface area contributed by atoms with E-state index in [0.717, 1.165) is 32.0 Å². The Bertz CT molecular complexity index is 509. The van der Waals surface area contributed by atoms with Crippen molar-refractivity contribution in [3.05, 3.63) is 29.8 Å². The fourth-order valence-corrected chi connectivity index (χ4v) is 1.53. The van der Waals surface area contributed by atoms with Gasteiger partial charge in [-0.3, -0.25) is 14.4 Å². The highest BCUT2D eigenvalue weighted by molar-refractivity contribution is 5.63. The summed E-state index contributed by atoms with van der Waals surface area (Å²) in [4.78, 5) is 27.0. The third kappa shape index (κ3) is 28.4. The molecule has 0 heterocycles. The van der Waals surface area contributed by atoms with Crippen molar-refractivity contribution in [1.29, 1.82) is 0 Å². The summed E-state index contributed by atoms with van der Waals surface area (Å²) in [6, 6.07) is 7.55. The molecule has 1 aromatic carbocycles. The molecule has 1 rings (SSSR count). The van der Waals surface area contributed by atoms with Gasteiger partial charge in [0.25, 0.3) is 17.9 Å². The molecule has 0 bridgehead atoms. The van der Waals surface area contributed by atoms with Gasteiger partial charge in [0, 0.05) is 45.1 Å². The zero-order chi connectivity index (χ0) is 22.0. The van der Waals surface area contributed by atoms with Crippen molar-refractivity contribution >= 4 is 23.6 Å². The summed E-state index contributed by atoms with van der Waals surface area (Å²) >= 11 is 0. The fourth-order valence-electron chi connectivity index (χ4n) is 1.53. The Morgan fingerprint density at radius 1 is 0.926 bits per heavy atom. The molecule has 1 aromatic rings. The number of hydrogen-bond donors (Lipinski definition) is 7. The van der Waals surface area contributed by atoms with Gasteiger partial charge in [-0.15, -0.1) is 0 Å². The van der Waals surface area contributed by atoms with Crippen LogP contribution in [0.3, 0.4) is 0 Å². The number of carbonyl (C=O) groups is 3. The van der Waals surface area contributed by atoms with Crippen molar-refractivity contribution in [2.45, 2.75) is 39.2 Å². The van der Waals surface area contributed by atoms with Crippen molar-refractivity contribution in [2.75, 3.05) is 18.9 Å². The van der Waals surface area contributed by atoms with Crippen molar-refractivity contribution in [1.82, 2.24) is 0 Å². The Labute approximate surface area is 158 Å². The van der Waals surface area contributed by atoms with Crippen LogP contribution >= 0.6 is 0 Å². The van der Waals surface area contributed by atoms with E-state index in [9.17, 15) is 0 Å². The molecule has 1 unspecified atom stereocenters. The normalized spacial score (nSPS) is 11.0. The first-order valence-corrected chi connectivity index (χ1v) is 7.82. The first kappa shape index (κ1) is 29.1. The predicted molar refractivity (Wildman–Crippen MR) is 102 cm³/mol. The Hall–Kier alpha value is -2.69. The van der Waals surface area contributed by atoms with E-state index in [1.54, 1.807) is 0 Å². The summed E-state index contributed by atoms with van der Waals surface area (Å²) in [5.41, 5.74) is 18.6. The lowest BCUT2D eigenvalue weighted by molar-refractivity contribution is -0.135. The molecule has 0 radical (unpaired) electrons. The summed E-state index contributed by atoms with van der Waals surface area (Å²) in [5.74, 6) is -2.50. The van der Waals surface area contributed by atoms with Crippen molar-refractivity contribution in [3.63, 3.8) is 0 Å². The molecule has 0 fully saturated rings. The standard InChI is InChI=1S/C11H19N3O.3C2H4O2/c12-8-11(14,5-6-15)7-9-1-3-10(13)4-2-9;3*1-2(3)4/h1-4,15H,5-8,12-14H2;3*1H3,(H,3,4). The third-order valence-electron chi connectivity index (χ3n) is 2.55. The van der Waals surface area contributed by atoms with E-state index >= 15 is 0 Å². The van der Waals surface area contributed by atoms with E-state index < -0.39 is 23.4 Å². The highest BCUT2D eigenvalue weighted by Crippen LogP contribution is 2.15. The van der Waals surface area contributed by atoms with Crippen LogP contribution in [-0.4, -0.2) is 57.0 Å². The van der Waals surface area contributed by atoms with Gasteiger partial charge in [0.2, 0.25) is 0 Å². The number of nitrogen functional groups attached to an aromatic ring is 1. The first-order chi connectivity index (χ1) is 12.3. The molecule has 0 saturated carbocycles. The number of hydrogen-bond acceptors (Lipinski definition) is 7. The predicted octanol–water partition coefficient (Wildman–Crippen LogP) is 0.123. The minimum Gasteiger partial charge on any atom is -0.481 e. The maximum absolute atomic E-state index is 9.00. The van der Waals surface area contributed by atoms with Crippen LogP contribution in [-0.2, 0) is 20.8 Å². The summed E-state index contributed by atoms with van der Waals surface area (Å²) in [6.07, 6.45) is 1.16. The molecule has 0 saturated heterocycles. The number of carboxylic acids is 3. The number of aliphatic hydroxyl groups is 1. The minimum atomic E-state index is -0.833. The lowest BCUT2D eigenvalue weighted by Crippen LogP contribution is -2.49. The van der Waals surface area contributed by atoms with E-state index in [0.29, 0.717) is 19.4 Å². The lowest BCUT2D eigenvalue weighted by atomic mass is 9.89. The molecule has 156 valence electrons. The van der Waals surface area contributed by atoms with E-state index in [4.69, 9.17) is 52.0 Å². The first-order valence-electron chi connectivity index (χ1n) is 7.82. The number of carboxylic acid groups (broad SMARTS) is 3. The van der Waals surface area contributed by atoms with Gasteiger partial charge >= 0.3 is 0 Å². The number of nitrogens with two attached hydrogens (primary N) is 3. The lowest BCUT2D eigenvalue weighted by Gasteiger charge is -2.27. The van der Waals surface area contributed by atoms with Crippen LogP contribution < -0.4 is 17.2 Å². The molecular formula is C17H31N3O7. The van der Waals surface area contributed by atoms with Gasteiger partial charge in [-0.25, -0.2) is 0 Å². The molecule has 0 aliphatic heterocycles. The van der Waals surface area contributed by atoms with Crippen LogP contribution in [0.5, 0.6) is 0 Å².